The summed E-state index contributed by atoms with van der Waals surface area (Å²) in [5, 5.41) is 12.1. The minimum atomic E-state index is -0.269. The average molecular weight is 285 g/mol. The minimum Gasteiger partial charge on any atom is -0.392 e. The third kappa shape index (κ3) is 3.13. The number of rotatable bonds is 6. The van der Waals surface area contributed by atoms with Crippen LogP contribution in [0, 0.1) is 5.41 Å². The van der Waals surface area contributed by atoms with E-state index in [1.54, 1.807) is 12.5 Å². The highest BCUT2D eigenvalue weighted by molar-refractivity contribution is 5.85. The van der Waals surface area contributed by atoms with Gasteiger partial charge in [-0.1, -0.05) is 24.3 Å². The van der Waals surface area contributed by atoms with Gasteiger partial charge in [0.05, 0.1) is 18.3 Å². The van der Waals surface area contributed by atoms with Gasteiger partial charge in [-0.3, -0.25) is 4.79 Å². The molecule has 5 heteroatoms. The first-order valence-corrected chi connectivity index (χ1v) is 7.15. The number of carbonyl (C=O) groups excluding carboxylic acids is 1. The van der Waals surface area contributed by atoms with Crippen molar-refractivity contribution >= 4 is 5.91 Å². The predicted molar refractivity (Wildman–Crippen MR) is 78.1 cm³/mol. The molecule has 21 heavy (non-hydrogen) atoms. The van der Waals surface area contributed by atoms with E-state index in [0.717, 1.165) is 24.0 Å². The number of hydrogen-bond donors (Lipinski definition) is 2. The first kappa shape index (κ1) is 13.8. The van der Waals surface area contributed by atoms with Gasteiger partial charge in [-0.2, -0.15) is 0 Å². The second-order valence-corrected chi connectivity index (χ2v) is 5.68. The van der Waals surface area contributed by atoms with Crippen LogP contribution in [0.3, 0.4) is 0 Å². The van der Waals surface area contributed by atoms with Gasteiger partial charge in [0.15, 0.2) is 0 Å². The summed E-state index contributed by atoms with van der Waals surface area (Å²) in [5.74, 6) is 0.102. The SMILES string of the molecule is O=C(NCc1cccc(CO)c1)C1(Cn2ccnc2)CC1. The molecule has 2 aromatic rings. The van der Waals surface area contributed by atoms with E-state index < -0.39 is 0 Å². The minimum absolute atomic E-state index is 0.0202. The van der Waals surface area contributed by atoms with Crippen LogP contribution in [0.4, 0.5) is 0 Å². The van der Waals surface area contributed by atoms with Crippen LogP contribution in [0.5, 0.6) is 0 Å². The first-order valence-electron chi connectivity index (χ1n) is 7.15. The van der Waals surface area contributed by atoms with Crippen molar-refractivity contribution in [3.63, 3.8) is 0 Å². The Morgan fingerprint density at radius 3 is 2.86 bits per heavy atom. The van der Waals surface area contributed by atoms with E-state index in [4.69, 9.17) is 5.11 Å². The van der Waals surface area contributed by atoms with Gasteiger partial charge in [-0.25, -0.2) is 4.98 Å². The Kier molecular flexibility index (Phi) is 3.75. The first-order chi connectivity index (χ1) is 10.2. The maximum atomic E-state index is 12.4. The molecule has 1 aromatic heterocycles. The Bertz CT molecular complexity index is 618. The molecule has 2 N–H and O–H groups in total. The Hall–Kier alpha value is -2.14. The van der Waals surface area contributed by atoms with Crippen LogP contribution < -0.4 is 5.32 Å². The highest BCUT2D eigenvalue weighted by Crippen LogP contribution is 2.47. The number of benzene rings is 1. The van der Waals surface area contributed by atoms with Gasteiger partial charge < -0.3 is 15.0 Å². The zero-order valence-electron chi connectivity index (χ0n) is 11.8. The summed E-state index contributed by atoms with van der Waals surface area (Å²) >= 11 is 0. The van der Waals surface area contributed by atoms with Gasteiger partial charge in [0, 0.05) is 25.5 Å². The van der Waals surface area contributed by atoms with E-state index in [9.17, 15) is 4.79 Å². The molecule has 3 rings (SSSR count). The number of aliphatic hydroxyl groups excluding tert-OH is 1. The van der Waals surface area contributed by atoms with Crippen molar-refractivity contribution < 1.29 is 9.90 Å². The number of aliphatic hydroxyl groups is 1. The van der Waals surface area contributed by atoms with Crippen molar-refractivity contribution in [1.82, 2.24) is 14.9 Å². The number of hydrogen-bond acceptors (Lipinski definition) is 3. The molecular formula is C16H19N3O2. The second kappa shape index (κ2) is 5.69. The molecule has 0 atom stereocenters. The summed E-state index contributed by atoms with van der Waals surface area (Å²) in [6, 6.07) is 7.63. The number of carbonyl (C=O) groups is 1. The highest BCUT2D eigenvalue weighted by atomic mass is 16.3. The smallest absolute Gasteiger partial charge is 0.228 e. The number of amides is 1. The van der Waals surface area contributed by atoms with Crippen molar-refractivity contribution in [2.45, 2.75) is 32.5 Å². The Labute approximate surface area is 123 Å². The van der Waals surface area contributed by atoms with Crippen LogP contribution in [0.2, 0.25) is 0 Å². The third-order valence-corrected chi connectivity index (χ3v) is 4.01. The quantitative estimate of drug-likeness (QED) is 0.844. The van der Waals surface area contributed by atoms with Crippen LogP contribution in [-0.2, 0) is 24.5 Å². The topological polar surface area (TPSA) is 67.2 Å². The zero-order chi connectivity index (χ0) is 14.7. The van der Waals surface area contributed by atoms with Crippen LogP contribution in [0.15, 0.2) is 43.0 Å². The molecule has 0 radical (unpaired) electrons. The van der Waals surface area contributed by atoms with Gasteiger partial charge in [-0.15, -0.1) is 0 Å². The molecule has 1 aliphatic rings. The summed E-state index contributed by atoms with van der Waals surface area (Å²) in [6.45, 7) is 1.21. The Morgan fingerprint density at radius 2 is 2.19 bits per heavy atom. The normalized spacial score (nSPS) is 15.7. The van der Waals surface area contributed by atoms with Gasteiger partial charge >= 0.3 is 0 Å². The molecule has 0 aliphatic heterocycles. The largest absolute Gasteiger partial charge is 0.392 e. The third-order valence-electron chi connectivity index (χ3n) is 4.01. The summed E-state index contributed by atoms with van der Waals surface area (Å²) in [4.78, 5) is 16.4. The molecule has 0 spiro atoms. The van der Waals surface area contributed by atoms with E-state index in [0.29, 0.717) is 13.1 Å². The van der Waals surface area contributed by atoms with Crippen LogP contribution in [0.1, 0.15) is 24.0 Å². The maximum Gasteiger partial charge on any atom is 0.228 e. The lowest BCUT2D eigenvalue weighted by molar-refractivity contribution is -0.127. The molecule has 5 nitrogen and oxygen atoms in total. The van der Waals surface area contributed by atoms with E-state index in [2.05, 4.69) is 10.3 Å². The number of nitrogens with zero attached hydrogens (tertiary/aromatic N) is 2. The van der Waals surface area contributed by atoms with E-state index in [1.807, 2.05) is 35.0 Å². The zero-order valence-corrected chi connectivity index (χ0v) is 11.8. The molecule has 110 valence electrons. The van der Waals surface area contributed by atoms with Crippen LogP contribution in [0.25, 0.3) is 0 Å². The van der Waals surface area contributed by atoms with Gasteiger partial charge in [0.25, 0.3) is 0 Å². The van der Waals surface area contributed by atoms with Crippen molar-refractivity contribution in [2.24, 2.45) is 5.41 Å². The summed E-state index contributed by atoms with van der Waals surface area (Å²) in [6.07, 6.45) is 7.21. The fourth-order valence-electron chi connectivity index (χ4n) is 2.55. The molecule has 1 aromatic carbocycles. The monoisotopic (exact) mass is 285 g/mol. The number of imidazole rings is 1. The molecule has 0 saturated heterocycles. The second-order valence-electron chi connectivity index (χ2n) is 5.68. The molecular weight excluding hydrogens is 266 g/mol. The van der Waals surface area contributed by atoms with Crippen molar-refractivity contribution in [3.05, 3.63) is 54.1 Å². The number of nitrogens with one attached hydrogen (secondary N) is 1. The van der Waals surface area contributed by atoms with Crippen molar-refractivity contribution in [1.29, 1.82) is 0 Å². The molecule has 1 amide bonds. The fraction of sp³-hybridized carbons (Fsp3) is 0.375. The summed E-state index contributed by atoms with van der Waals surface area (Å²) in [7, 11) is 0. The van der Waals surface area contributed by atoms with E-state index >= 15 is 0 Å². The molecule has 1 heterocycles. The van der Waals surface area contributed by atoms with Crippen LogP contribution >= 0.6 is 0 Å². The number of aromatic nitrogens is 2. The molecule has 1 saturated carbocycles. The summed E-state index contributed by atoms with van der Waals surface area (Å²) in [5.41, 5.74) is 1.60. The maximum absolute atomic E-state index is 12.4. The van der Waals surface area contributed by atoms with Crippen LogP contribution in [-0.4, -0.2) is 20.6 Å². The standard InChI is InChI=1S/C16H19N3O2/c20-10-14-3-1-2-13(8-14)9-18-15(21)16(4-5-16)11-19-7-6-17-12-19/h1-3,6-8,12,20H,4-5,9-11H2,(H,18,21). The highest BCUT2D eigenvalue weighted by Gasteiger charge is 2.49. The van der Waals surface area contributed by atoms with E-state index in [1.165, 1.54) is 0 Å². The average Bonchev–Trinajstić information content (AvgIpc) is 3.11. The Morgan fingerprint density at radius 1 is 1.38 bits per heavy atom. The van der Waals surface area contributed by atoms with E-state index in [-0.39, 0.29) is 17.9 Å². The lowest BCUT2D eigenvalue weighted by Crippen LogP contribution is -2.34. The fourth-order valence-corrected chi connectivity index (χ4v) is 2.55. The molecule has 1 fully saturated rings. The molecule has 0 bridgehead atoms. The Balaban J connectivity index is 1.58. The predicted octanol–water partition coefficient (Wildman–Crippen LogP) is 1.47. The van der Waals surface area contributed by atoms with Gasteiger partial charge in [-0.05, 0) is 24.0 Å². The van der Waals surface area contributed by atoms with Gasteiger partial charge in [0.1, 0.15) is 0 Å². The molecule has 0 unspecified atom stereocenters. The summed E-state index contributed by atoms with van der Waals surface area (Å²) < 4.78 is 1.96. The lowest BCUT2D eigenvalue weighted by Gasteiger charge is -2.16. The van der Waals surface area contributed by atoms with Crippen molar-refractivity contribution in [3.8, 4) is 0 Å². The van der Waals surface area contributed by atoms with Crippen molar-refractivity contribution in [2.75, 3.05) is 0 Å². The van der Waals surface area contributed by atoms with Gasteiger partial charge in [0.2, 0.25) is 5.91 Å². The lowest BCUT2D eigenvalue weighted by atomic mass is 10.1. The molecule has 1 aliphatic carbocycles.